The maximum absolute atomic E-state index is 14.7. The Morgan fingerprint density at radius 3 is 2.67 bits per heavy atom. The van der Waals surface area contributed by atoms with Crippen molar-refractivity contribution < 1.29 is 33.4 Å². The van der Waals surface area contributed by atoms with Gasteiger partial charge < -0.3 is 24.2 Å². The molecule has 6 rings (SSSR count). The summed E-state index contributed by atoms with van der Waals surface area (Å²) in [6.45, 7) is 6.75. The van der Waals surface area contributed by atoms with Gasteiger partial charge in [-0.3, -0.25) is 0 Å². The lowest BCUT2D eigenvalue weighted by Crippen LogP contribution is -2.33. The first-order valence-corrected chi connectivity index (χ1v) is 15.8. The Hall–Kier alpha value is -3.34. The van der Waals surface area contributed by atoms with Crippen LogP contribution in [0.3, 0.4) is 0 Å². The number of carboxylic acid groups (broad SMARTS) is 1. The second-order valence-electron chi connectivity index (χ2n) is 12.0. The summed E-state index contributed by atoms with van der Waals surface area (Å²) in [4.78, 5) is 15.9. The third-order valence-electron chi connectivity index (χ3n) is 8.93. The largest absolute Gasteiger partial charge is 0.487 e. The normalized spacial score (nSPS) is 21.0. The summed E-state index contributed by atoms with van der Waals surface area (Å²) in [5, 5.41) is 26.0. The van der Waals surface area contributed by atoms with Crippen molar-refractivity contribution >= 4 is 27.5 Å². The monoisotopic (exact) mass is 608 g/mol. The molecule has 0 bridgehead atoms. The third kappa shape index (κ3) is 5.92. The lowest BCUT2D eigenvalue weighted by Gasteiger charge is -2.31. The SMILES string of the molecule is CC[C@H](C[C@@H]1CCC[C@@]1(O)c1nc2c(F)cc(C(=O)O)cc2s1)OCc1c(COc2c(C)cccc2C)noc1C1CC1. The Balaban J connectivity index is 1.17. The van der Waals surface area contributed by atoms with Gasteiger partial charge in [0.25, 0.3) is 0 Å². The predicted octanol–water partition coefficient (Wildman–Crippen LogP) is 7.57. The maximum atomic E-state index is 14.7. The molecule has 2 aromatic heterocycles. The lowest BCUT2D eigenvalue weighted by atomic mass is 9.86. The van der Waals surface area contributed by atoms with Crippen LogP contribution in [0.1, 0.15) is 101 Å². The summed E-state index contributed by atoms with van der Waals surface area (Å²) in [5.41, 5.74) is 2.57. The van der Waals surface area contributed by atoms with Crippen molar-refractivity contribution in [2.45, 2.75) is 96.6 Å². The average Bonchev–Trinajstić information content (AvgIpc) is 3.40. The number of fused-ring (bicyclic) bond motifs is 1. The molecule has 43 heavy (non-hydrogen) atoms. The molecule has 0 spiro atoms. The number of aryl methyl sites for hydroxylation is 2. The molecular formula is C33H37FN2O6S. The second-order valence-corrected chi connectivity index (χ2v) is 13.0. The summed E-state index contributed by atoms with van der Waals surface area (Å²) >= 11 is 1.17. The van der Waals surface area contributed by atoms with Gasteiger partial charge in [0.15, 0.2) is 5.82 Å². The van der Waals surface area contributed by atoms with Crippen LogP contribution < -0.4 is 4.74 Å². The fraction of sp³-hybridized carbons (Fsp3) is 0.485. The van der Waals surface area contributed by atoms with Crippen LogP contribution in [0, 0.1) is 25.6 Å². The fourth-order valence-corrected chi connectivity index (χ4v) is 7.50. The highest BCUT2D eigenvalue weighted by molar-refractivity contribution is 7.18. The predicted molar refractivity (Wildman–Crippen MR) is 160 cm³/mol. The van der Waals surface area contributed by atoms with E-state index in [9.17, 15) is 19.4 Å². The number of nitrogens with zero attached hydrogens (tertiary/aromatic N) is 2. The number of ether oxygens (including phenoxy) is 2. The molecule has 0 unspecified atom stereocenters. The number of halogens is 1. The molecule has 0 amide bonds. The molecule has 2 aromatic carbocycles. The lowest BCUT2D eigenvalue weighted by molar-refractivity contribution is -0.0424. The van der Waals surface area contributed by atoms with E-state index in [1.807, 2.05) is 32.0 Å². The number of carbonyl (C=O) groups is 1. The van der Waals surface area contributed by atoms with Crippen molar-refractivity contribution in [3.63, 3.8) is 0 Å². The van der Waals surface area contributed by atoms with Crippen LogP contribution in [0.5, 0.6) is 5.75 Å². The van der Waals surface area contributed by atoms with Crippen molar-refractivity contribution in [2.24, 2.45) is 5.92 Å². The zero-order chi connectivity index (χ0) is 30.3. The van der Waals surface area contributed by atoms with Crippen molar-refractivity contribution in [2.75, 3.05) is 0 Å². The van der Waals surface area contributed by atoms with E-state index in [0.717, 1.165) is 72.1 Å². The van der Waals surface area contributed by atoms with Crippen LogP contribution in [-0.2, 0) is 23.6 Å². The van der Waals surface area contributed by atoms with Crippen LogP contribution >= 0.6 is 11.3 Å². The van der Waals surface area contributed by atoms with Crippen molar-refractivity contribution in [3.8, 4) is 5.75 Å². The van der Waals surface area contributed by atoms with Gasteiger partial charge in [-0.05, 0) is 88.0 Å². The van der Waals surface area contributed by atoms with E-state index in [1.165, 1.54) is 17.4 Å². The molecule has 0 radical (unpaired) electrons. The highest BCUT2D eigenvalue weighted by Crippen LogP contribution is 2.49. The molecule has 10 heteroatoms. The quantitative estimate of drug-likeness (QED) is 0.169. The number of rotatable bonds is 12. The molecular weight excluding hydrogens is 571 g/mol. The van der Waals surface area contributed by atoms with Crippen LogP contribution in [0.4, 0.5) is 4.39 Å². The summed E-state index contributed by atoms with van der Waals surface area (Å²) in [5.74, 6) is 0.0748. The van der Waals surface area contributed by atoms with Crippen LogP contribution in [0.25, 0.3) is 10.2 Å². The van der Waals surface area contributed by atoms with E-state index in [1.54, 1.807) is 0 Å². The molecule has 4 aromatic rings. The molecule has 2 aliphatic carbocycles. The number of thiazole rings is 1. The van der Waals surface area contributed by atoms with Crippen molar-refractivity contribution in [3.05, 3.63) is 74.9 Å². The minimum atomic E-state index is -1.23. The summed E-state index contributed by atoms with van der Waals surface area (Å²) in [7, 11) is 0. The Morgan fingerprint density at radius 2 is 1.98 bits per heavy atom. The van der Waals surface area contributed by atoms with Gasteiger partial charge in [-0.25, -0.2) is 14.2 Å². The van der Waals surface area contributed by atoms with E-state index < -0.39 is 17.4 Å². The van der Waals surface area contributed by atoms with E-state index in [-0.39, 0.29) is 29.7 Å². The van der Waals surface area contributed by atoms with Crippen molar-refractivity contribution in [1.82, 2.24) is 10.1 Å². The van der Waals surface area contributed by atoms with Gasteiger partial charge in [-0.2, -0.15) is 0 Å². The molecule has 228 valence electrons. The van der Waals surface area contributed by atoms with E-state index in [2.05, 4.69) is 17.1 Å². The number of hydrogen-bond acceptors (Lipinski definition) is 8. The number of aromatic carboxylic acids is 1. The number of aromatic nitrogens is 2. The highest BCUT2D eigenvalue weighted by Gasteiger charge is 2.46. The number of hydrogen-bond donors (Lipinski definition) is 2. The number of aliphatic hydroxyl groups is 1. The smallest absolute Gasteiger partial charge is 0.335 e. The molecule has 8 nitrogen and oxygen atoms in total. The molecule has 2 saturated carbocycles. The molecule has 2 fully saturated rings. The summed E-state index contributed by atoms with van der Waals surface area (Å²) in [6, 6.07) is 8.47. The summed E-state index contributed by atoms with van der Waals surface area (Å²) in [6.07, 6.45) is 5.50. The van der Waals surface area contributed by atoms with E-state index >= 15 is 0 Å². The highest BCUT2D eigenvalue weighted by atomic mass is 32.1. The fourth-order valence-electron chi connectivity index (χ4n) is 6.28. The number of carboxylic acids is 1. The Bertz CT molecular complexity index is 1630. The Morgan fingerprint density at radius 1 is 1.21 bits per heavy atom. The van der Waals surface area contributed by atoms with Gasteiger partial charge >= 0.3 is 5.97 Å². The standard InChI is InChI=1S/C33H37FN2O6S/c1-4-23(15-22-9-6-12-33(22,39)32-35-28-25(34)13-21(31(37)38)14-27(28)43-32)40-16-24-26(36-42-30(24)20-10-11-20)17-41-29-18(2)7-5-8-19(29)3/h5,7-8,13-14,20,22-23,39H,4,6,9-12,15-17H2,1-3H3,(H,37,38)/t22-,23+,33-/m0/s1. The molecule has 2 heterocycles. The van der Waals surface area contributed by atoms with Crippen LogP contribution in [0.2, 0.25) is 0 Å². The van der Waals surface area contributed by atoms with Crippen LogP contribution in [0.15, 0.2) is 34.9 Å². The van der Waals surface area contributed by atoms with E-state index in [4.69, 9.17) is 14.0 Å². The van der Waals surface area contributed by atoms with Gasteiger partial charge in [0, 0.05) is 11.5 Å². The molecule has 0 saturated heterocycles. The topological polar surface area (TPSA) is 115 Å². The average molecular weight is 609 g/mol. The number of para-hydroxylation sites is 1. The van der Waals surface area contributed by atoms with Crippen LogP contribution in [-0.4, -0.2) is 32.4 Å². The molecule has 2 aliphatic rings. The van der Waals surface area contributed by atoms with Crippen molar-refractivity contribution in [1.29, 1.82) is 0 Å². The van der Waals surface area contributed by atoms with Gasteiger partial charge in [0.2, 0.25) is 0 Å². The van der Waals surface area contributed by atoms with Gasteiger partial charge in [-0.15, -0.1) is 11.3 Å². The molecule has 3 atom stereocenters. The number of benzene rings is 2. The second kappa shape index (κ2) is 12.0. The van der Waals surface area contributed by atoms with Gasteiger partial charge in [-0.1, -0.05) is 30.3 Å². The third-order valence-corrected chi connectivity index (χ3v) is 10.1. The minimum absolute atomic E-state index is 0.100. The Kier molecular flexibility index (Phi) is 8.28. The molecule has 0 aliphatic heterocycles. The van der Waals surface area contributed by atoms with E-state index in [0.29, 0.717) is 35.1 Å². The van der Waals surface area contributed by atoms with Gasteiger partial charge in [0.1, 0.15) is 39.9 Å². The molecule has 2 N–H and O–H groups in total. The zero-order valence-corrected chi connectivity index (χ0v) is 25.5. The minimum Gasteiger partial charge on any atom is -0.487 e. The maximum Gasteiger partial charge on any atom is 0.335 e. The summed E-state index contributed by atoms with van der Waals surface area (Å²) < 4.78 is 33.6. The Labute approximate surface area is 253 Å². The van der Waals surface area contributed by atoms with Gasteiger partial charge in [0.05, 0.1) is 23.0 Å². The first-order chi connectivity index (χ1) is 20.7. The first-order valence-electron chi connectivity index (χ1n) is 15.0. The zero-order valence-electron chi connectivity index (χ0n) is 24.7. The first kappa shape index (κ1) is 29.7.